The van der Waals surface area contributed by atoms with Crippen molar-refractivity contribution in [2.24, 2.45) is 5.92 Å². The van der Waals surface area contributed by atoms with Gasteiger partial charge in [0, 0.05) is 26.1 Å². The lowest BCUT2D eigenvalue weighted by Gasteiger charge is -2.21. The molecule has 6 nitrogen and oxygen atoms in total. The number of likely N-dealkylation sites (tertiary alicyclic amines) is 1. The predicted molar refractivity (Wildman–Crippen MR) is 168 cm³/mol. The highest BCUT2D eigenvalue weighted by Gasteiger charge is 2.32. The third-order valence-electron chi connectivity index (χ3n) is 6.88. The fraction of sp³-hybridized carbons (Fsp3) is 0.647. The van der Waals surface area contributed by atoms with Crippen LogP contribution in [0.25, 0.3) is 10.8 Å². The second-order valence-electron chi connectivity index (χ2n) is 11.1. The van der Waals surface area contributed by atoms with Gasteiger partial charge in [-0.2, -0.15) is 0 Å². The lowest BCUT2D eigenvalue weighted by molar-refractivity contribution is -0.133. The summed E-state index contributed by atoms with van der Waals surface area (Å²) in [5.74, 6) is 1.75. The molecule has 1 heterocycles. The molecule has 2 unspecified atom stereocenters. The number of carbonyl (C=O) groups is 2. The van der Waals surface area contributed by atoms with E-state index in [4.69, 9.17) is 9.47 Å². The molecule has 3 rings (SSSR count). The summed E-state index contributed by atoms with van der Waals surface area (Å²) in [6.07, 6.45) is 8.97. The summed E-state index contributed by atoms with van der Waals surface area (Å²) in [5.41, 5.74) is 1.27. The number of fused-ring (bicyclic) bond motifs is 1. The zero-order valence-electron chi connectivity index (χ0n) is 26.6. The van der Waals surface area contributed by atoms with Crippen molar-refractivity contribution in [3.05, 3.63) is 42.0 Å². The number of aryl methyl sites for hydroxylation is 1. The summed E-state index contributed by atoms with van der Waals surface area (Å²) in [6, 6.07) is 12.9. The van der Waals surface area contributed by atoms with E-state index >= 15 is 0 Å². The topological polar surface area (TPSA) is 67.9 Å². The molecule has 6 heteroatoms. The molecule has 0 bridgehead atoms. The van der Waals surface area contributed by atoms with Gasteiger partial charge in [-0.15, -0.1) is 0 Å². The van der Waals surface area contributed by atoms with Crippen molar-refractivity contribution >= 4 is 22.6 Å². The SMILES string of the molecule is CC.CC(C)C.COc1cc2ccccc2cc1CCCCCCCCC(=O)NCC(=O)N1CC(OC)CC1C. The van der Waals surface area contributed by atoms with E-state index in [9.17, 15) is 9.59 Å². The molecule has 0 saturated carbocycles. The van der Waals surface area contributed by atoms with Crippen molar-refractivity contribution in [3.8, 4) is 5.75 Å². The third kappa shape index (κ3) is 13.2. The number of nitrogens with one attached hydrogen (secondary N) is 1. The molecule has 1 aliphatic heterocycles. The summed E-state index contributed by atoms with van der Waals surface area (Å²) >= 11 is 0. The Hall–Kier alpha value is -2.60. The average molecular weight is 557 g/mol. The van der Waals surface area contributed by atoms with Crippen molar-refractivity contribution in [1.82, 2.24) is 10.2 Å². The van der Waals surface area contributed by atoms with Crippen molar-refractivity contribution in [1.29, 1.82) is 0 Å². The predicted octanol–water partition coefficient (Wildman–Crippen LogP) is 7.56. The van der Waals surface area contributed by atoms with E-state index in [0.717, 1.165) is 50.2 Å². The monoisotopic (exact) mass is 556 g/mol. The molecular formula is C34H56N2O4. The standard InChI is InChI=1S/C28H40N2O4.C4H10.C2H6/c1-21-16-25(33-2)20-30(21)28(32)19-29-27(31)15-9-7-5-4-6-8-14-24-17-22-12-10-11-13-23(22)18-26(24)34-3;1-4(2)3;1-2/h10-13,17-18,21,25H,4-9,14-16,19-20H2,1-3H3,(H,29,31);4H,1-3H3;1-2H3. The van der Waals surface area contributed by atoms with Crippen LogP contribution in [0.2, 0.25) is 0 Å². The maximum absolute atomic E-state index is 12.4. The van der Waals surface area contributed by atoms with Crippen LogP contribution in [0.4, 0.5) is 0 Å². The Balaban J connectivity index is 0.00000122. The number of benzene rings is 2. The number of hydrogen-bond donors (Lipinski definition) is 1. The fourth-order valence-corrected chi connectivity index (χ4v) is 4.82. The molecule has 2 atom stereocenters. The van der Waals surface area contributed by atoms with Gasteiger partial charge < -0.3 is 19.7 Å². The van der Waals surface area contributed by atoms with Crippen LogP contribution in [0.15, 0.2) is 36.4 Å². The molecule has 2 amide bonds. The minimum Gasteiger partial charge on any atom is -0.496 e. The van der Waals surface area contributed by atoms with E-state index < -0.39 is 0 Å². The highest BCUT2D eigenvalue weighted by atomic mass is 16.5. The number of methoxy groups -OCH3 is 2. The average Bonchev–Trinajstić information content (AvgIpc) is 3.34. The molecule has 226 valence electrons. The number of hydrogen-bond acceptors (Lipinski definition) is 4. The van der Waals surface area contributed by atoms with Crippen LogP contribution < -0.4 is 10.1 Å². The quantitative estimate of drug-likeness (QED) is 0.259. The second-order valence-corrected chi connectivity index (χ2v) is 11.1. The van der Waals surface area contributed by atoms with Gasteiger partial charge in [0.2, 0.25) is 11.8 Å². The van der Waals surface area contributed by atoms with Crippen LogP contribution in [-0.2, 0) is 20.7 Å². The number of rotatable bonds is 13. The van der Waals surface area contributed by atoms with Crippen LogP contribution in [0, 0.1) is 5.92 Å². The van der Waals surface area contributed by atoms with Crippen LogP contribution in [0.3, 0.4) is 0 Å². The molecule has 0 spiro atoms. The van der Waals surface area contributed by atoms with E-state index in [1.165, 1.54) is 29.2 Å². The Bertz CT molecular complexity index is 988. The Morgan fingerprint density at radius 3 is 2.10 bits per heavy atom. The Labute approximate surface area is 244 Å². The minimum absolute atomic E-state index is 0.0246. The van der Waals surface area contributed by atoms with Gasteiger partial charge in [0.1, 0.15) is 5.75 Å². The summed E-state index contributed by atoms with van der Waals surface area (Å²) < 4.78 is 10.9. The molecule has 1 fully saturated rings. The Kier molecular flexibility index (Phi) is 18.0. The smallest absolute Gasteiger partial charge is 0.242 e. The number of nitrogens with zero attached hydrogens (tertiary/aromatic N) is 1. The Morgan fingerprint density at radius 2 is 1.52 bits per heavy atom. The molecular weight excluding hydrogens is 500 g/mol. The van der Waals surface area contributed by atoms with E-state index in [2.05, 4.69) is 62.5 Å². The van der Waals surface area contributed by atoms with Crippen molar-refractivity contribution in [2.45, 2.75) is 111 Å². The lowest BCUT2D eigenvalue weighted by atomic mass is 10.0. The van der Waals surface area contributed by atoms with E-state index in [1.807, 2.05) is 25.7 Å². The largest absolute Gasteiger partial charge is 0.496 e. The first-order chi connectivity index (χ1) is 19.2. The highest BCUT2D eigenvalue weighted by molar-refractivity contribution is 5.85. The molecule has 0 aliphatic carbocycles. The number of amides is 2. The highest BCUT2D eigenvalue weighted by Crippen LogP contribution is 2.27. The van der Waals surface area contributed by atoms with Crippen molar-refractivity contribution in [2.75, 3.05) is 27.3 Å². The first-order valence-corrected chi connectivity index (χ1v) is 15.4. The molecule has 40 heavy (non-hydrogen) atoms. The molecule has 0 aromatic heterocycles. The third-order valence-corrected chi connectivity index (χ3v) is 6.88. The molecule has 2 aromatic carbocycles. The van der Waals surface area contributed by atoms with Gasteiger partial charge in [-0.05, 0) is 67.0 Å². The van der Waals surface area contributed by atoms with Crippen molar-refractivity contribution < 1.29 is 19.1 Å². The van der Waals surface area contributed by atoms with Gasteiger partial charge in [0.15, 0.2) is 0 Å². The molecule has 1 saturated heterocycles. The first-order valence-electron chi connectivity index (χ1n) is 15.4. The van der Waals surface area contributed by atoms with Crippen molar-refractivity contribution in [3.63, 3.8) is 0 Å². The van der Waals surface area contributed by atoms with Gasteiger partial charge >= 0.3 is 0 Å². The minimum atomic E-state index is -0.0353. The molecule has 2 aromatic rings. The van der Waals surface area contributed by atoms with Gasteiger partial charge in [0.05, 0.1) is 19.8 Å². The molecule has 1 aliphatic rings. The first kappa shape index (κ1) is 35.4. The maximum atomic E-state index is 12.4. The summed E-state index contributed by atoms with van der Waals surface area (Å²) in [6.45, 7) is 13.2. The van der Waals surface area contributed by atoms with E-state index in [1.54, 1.807) is 14.2 Å². The number of ether oxygens (including phenoxy) is 2. The Morgan fingerprint density at radius 1 is 0.950 bits per heavy atom. The van der Waals surface area contributed by atoms with Crippen LogP contribution in [-0.4, -0.2) is 56.2 Å². The lowest BCUT2D eigenvalue weighted by Crippen LogP contribution is -2.42. The van der Waals surface area contributed by atoms with Gasteiger partial charge in [-0.1, -0.05) is 84.6 Å². The van der Waals surface area contributed by atoms with Gasteiger partial charge in [0.25, 0.3) is 0 Å². The second kappa shape index (κ2) is 20.3. The summed E-state index contributed by atoms with van der Waals surface area (Å²) in [7, 11) is 3.42. The zero-order valence-corrected chi connectivity index (χ0v) is 26.6. The molecule has 1 N–H and O–H groups in total. The van der Waals surface area contributed by atoms with Crippen LogP contribution in [0.1, 0.15) is 98.5 Å². The maximum Gasteiger partial charge on any atom is 0.242 e. The summed E-state index contributed by atoms with van der Waals surface area (Å²) in [5, 5.41) is 5.25. The van der Waals surface area contributed by atoms with Crippen LogP contribution >= 0.6 is 0 Å². The number of unbranched alkanes of at least 4 members (excludes halogenated alkanes) is 5. The fourth-order valence-electron chi connectivity index (χ4n) is 4.82. The summed E-state index contributed by atoms with van der Waals surface area (Å²) in [4.78, 5) is 26.3. The normalized spacial score (nSPS) is 16.2. The van der Waals surface area contributed by atoms with Gasteiger partial charge in [-0.25, -0.2) is 0 Å². The van der Waals surface area contributed by atoms with E-state index in [-0.39, 0.29) is 30.5 Å². The number of carbonyl (C=O) groups excluding carboxylic acids is 2. The van der Waals surface area contributed by atoms with Gasteiger partial charge in [-0.3, -0.25) is 9.59 Å². The molecule has 0 radical (unpaired) electrons. The van der Waals surface area contributed by atoms with E-state index in [0.29, 0.717) is 13.0 Å². The van der Waals surface area contributed by atoms with Crippen LogP contribution in [0.5, 0.6) is 5.75 Å². The zero-order chi connectivity index (χ0) is 29.9.